The molecule has 1 aromatic carbocycles. The van der Waals surface area contributed by atoms with Crippen LogP contribution in [0, 0.1) is 13.8 Å². The van der Waals surface area contributed by atoms with E-state index in [-0.39, 0.29) is 6.61 Å². The Kier molecular flexibility index (Phi) is 4.52. The van der Waals surface area contributed by atoms with Crippen molar-refractivity contribution >= 4 is 5.97 Å². The zero-order chi connectivity index (χ0) is 13.0. The molecule has 1 aromatic rings. The monoisotopic (exact) mass is 238 g/mol. The number of ether oxygens (including phenoxy) is 1. The van der Waals surface area contributed by atoms with Crippen LogP contribution in [0.1, 0.15) is 30.0 Å². The Balaban J connectivity index is 3.02. The molecule has 1 atom stereocenters. The number of benzene rings is 1. The molecule has 0 saturated carbocycles. The Labute approximate surface area is 101 Å². The summed E-state index contributed by atoms with van der Waals surface area (Å²) in [6.45, 7) is 5.43. The van der Waals surface area contributed by atoms with Crippen LogP contribution in [0.2, 0.25) is 0 Å². The standard InChI is InChI=1S/C13H18O4/c1-4-11(13(15)16)17-12-8(2)5-10(7-14)6-9(12)3/h5-6,11,14H,4,7H2,1-3H3,(H,15,16). The summed E-state index contributed by atoms with van der Waals surface area (Å²) in [7, 11) is 0. The molecule has 94 valence electrons. The van der Waals surface area contributed by atoms with Gasteiger partial charge in [0.15, 0.2) is 6.10 Å². The zero-order valence-electron chi connectivity index (χ0n) is 10.4. The van der Waals surface area contributed by atoms with Gasteiger partial charge in [0.25, 0.3) is 0 Å². The molecule has 1 rings (SSSR count). The first-order valence-corrected chi connectivity index (χ1v) is 5.60. The third-order valence-electron chi connectivity index (χ3n) is 2.61. The van der Waals surface area contributed by atoms with Crippen LogP contribution >= 0.6 is 0 Å². The fourth-order valence-electron chi connectivity index (χ4n) is 1.77. The molecule has 0 saturated heterocycles. The first-order chi connectivity index (χ1) is 7.99. The minimum Gasteiger partial charge on any atom is -0.479 e. The van der Waals surface area contributed by atoms with Crippen LogP contribution in [-0.2, 0) is 11.4 Å². The molecule has 0 aliphatic heterocycles. The van der Waals surface area contributed by atoms with Crippen molar-refractivity contribution in [1.82, 2.24) is 0 Å². The van der Waals surface area contributed by atoms with Crippen LogP contribution in [-0.4, -0.2) is 22.3 Å². The molecular weight excluding hydrogens is 220 g/mol. The molecule has 0 spiro atoms. The highest BCUT2D eigenvalue weighted by Gasteiger charge is 2.19. The van der Waals surface area contributed by atoms with Gasteiger partial charge in [0.05, 0.1) is 6.61 Å². The lowest BCUT2D eigenvalue weighted by Gasteiger charge is -2.18. The Morgan fingerprint density at radius 2 is 1.88 bits per heavy atom. The number of rotatable bonds is 5. The van der Waals surface area contributed by atoms with Gasteiger partial charge in [-0.1, -0.05) is 19.1 Å². The van der Waals surface area contributed by atoms with E-state index < -0.39 is 12.1 Å². The van der Waals surface area contributed by atoms with Crippen molar-refractivity contribution in [2.24, 2.45) is 0 Å². The molecule has 0 radical (unpaired) electrons. The summed E-state index contributed by atoms with van der Waals surface area (Å²) in [6.07, 6.45) is -0.414. The minimum atomic E-state index is -0.961. The smallest absolute Gasteiger partial charge is 0.344 e. The van der Waals surface area contributed by atoms with E-state index in [9.17, 15) is 4.79 Å². The molecule has 17 heavy (non-hydrogen) atoms. The summed E-state index contributed by atoms with van der Waals surface area (Å²) in [5.41, 5.74) is 2.48. The zero-order valence-corrected chi connectivity index (χ0v) is 10.4. The van der Waals surface area contributed by atoms with Crippen molar-refractivity contribution in [3.8, 4) is 5.75 Å². The number of aliphatic hydroxyl groups excluding tert-OH is 1. The van der Waals surface area contributed by atoms with Crippen molar-refractivity contribution in [2.75, 3.05) is 0 Å². The van der Waals surface area contributed by atoms with Gasteiger partial charge in [-0.15, -0.1) is 0 Å². The number of aliphatic carboxylic acids is 1. The van der Waals surface area contributed by atoms with Gasteiger partial charge in [0.1, 0.15) is 5.75 Å². The molecule has 0 aliphatic carbocycles. The normalized spacial score (nSPS) is 12.2. The topological polar surface area (TPSA) is 66.8 Å². The van der Waals surface area contributed by atoms with E-state index in [1.165, 1.54) is 0 Å². The maximum Gasteiger partial charge on any atom is 0.344 e. The van der Waals surface area contributed by atoms with Crippen molar-refractivity contribution in [3.63, 3.8) is 0 Å². The number of aliphatic hydroxyl groups is 1. The van der Waals surface area contributed by atoms with Gasteiger partial charge in [-0.25, -0.2) is 4.79 Å². The molecular formula is C13H18O4. The molecule has 0 bridgehead atoms. The third kappa shape index (κ3) is 3.20. The molecule has 4 nitrogen and oxygen atoms in total. The van der Waals surface area contributed by atoms with E-state index in [1.54, 1.807) is 19.1 Å². The number of carboxylic acid groups (broad SMARTS) is 1. The first kappa shape index (κ1) is 13.5. The van der Waals surface area contributed by atoms with Gasteiger partial charge in [0, 0.05) is 0 Å². The third-order valence-corrected chi connectivity index (χ3v) is 2.61. The SMILES string of the molecule is CCC(Oc1c(C)cc(CO)cc1C)C(=O)O. The Bertz CT molecular complexity index is 389. The van der Waals surface area contributed by atoms with Crippen molar-refractivity contribution < 1.29 is 19.7 Å². The van der Waals surface area contributed by atoms with Crippen LogP contribution in [0.25, 0.3) is 0 Å². The van der Waals surface area contributed by atoms with Crippen molar-refractivity contribution in [1.29, 1.82) is 0 Å². The maximum atomic E-state index is 10.9. The van der Waals surface area contributed by atoms with Gasteiger partial charge in [-0.05, 0) is 37.0 Å². The van der Waals surface area contributed by atoms with Crippen LogP contribution in [0.15, 0.2) is 12.1 Å². The first-order valence-electron chi connectivity index (χ1n) is 5.60. The number of aryl methyl sites for hydroxylation is 2. The Morgan fingerprint density at radius 1 is 1.35 bits per heavy atom. The molecule has 2 N–H and O–H groups in total. The molecule has 0 heterocycles. The second-order valence-corrected chi connectivity index (χ2v) is 4.07. The van der Waals surface area contributed by atoms with Gasteiger partial charge in [0.2, 0.25) is 0 Å². The van der Waals surface area contributed by atoms with E-state index in [1.807, 2.05) is 13.8 Å². The van der Waals surface area contributed by atoms with E-state index in [0.717, 1.165) is 16.7 Å². The highest BCUT2D eigenvalue weighted by Crippen LogP contribution is 2.26. The van der Waals surface area contributed by atoms with E-state index in [2.05, 4.69) is 0 Å². The quantitative estimate of drug-likeness (QED) is 0.823. The summed E-state index contributed by atoms with van der Waals surface area (Å²) >= 11 is 0. The molecule has 4 heteroatoms. The largest absolute Gasteiger partial charge is 0.479 e. The molecule has 0 aliphatic rings. The van der Waals surface area contributed by atoms with Crippen molar-refractivity contribution in [2.45, 2.75) is 39.9 Å². The van der Waals surface area contributed by atoms with E-state index >= 15 is 0 Å². The lowest BCUT2D eigenvalue weighted by atomic mass is 10.1. The predicted molar refractivity (Wildman–Crippen MR) is 64.2 cm³/mol. The number of carboxylic acids is 1. The summed E-state index contributed by atoms with van der Waals surface area (Å²) in [4.78, 5) is 10.9. The highest BCUT2D eigenvalue weighted by molar-refractivity contribution is 5.72. The van der Waals surface area contributed by atoms with Crippen LogP contribution < -0.4 is 4.74 Å². The summed E-state index contributed by atoms with van der Waals surface area (Å²) in [5.74, 6) is -0.367. The second-order valence-electron chi connectivity index (χ2n) is 4.07. The summed E-state index contributed by atoms with van der Waals surface area (Å²) < 4.78 is 5.50. The van der Waals surface area contributed by atoms with E-state index in [0.29, 0.717) is 12.2 Å². The lowest BCUT2D eigenvalue weighted by Crippen LogP contribution is -2.26. The summed E-state index contributed by atoms with van der Waals surface area (Å²) in [6, 6.07) is 3.60. The minimum absolute atomic E-state index is 0.0297. The molecule has 0 aromatic heterocycles. The van der Waals surface area contributed by atoms with Gasteiger partial charge in [-0.3, -0.25) is 0 Å². The van der Waals surface area contributed by atoms with Crippen LogP contribution in [0.4, 0.5) is 0 Å². The fourth-order valence-corrected chi connectivity index (χ4v) is 1.77. The Morgan fingerprint density at radius 3 is 2.24 bits per heavy atom. The maximum absolute atomic E-state index is 10.9. The second kappa shape index (κ2) is 5.68. The number of hydrogen-bond donors (Lipinski definition) is 2. The van der Waals surface area contributed by atoms with Crippen LogP contribution in [0.5, 0.6) is 5.75 Å². The van der Waals surface area contributed by atoms with E-state index in [4.69, 9.17) is 14.9 Å². The average molecular weight is 238 g/mol. The number of carbonyl (C=O) groups is 1. The predicted octanol–water partition coefficient (Wildman–Crippen LogP) is 2.04. The highest BCUT2D eigenvalue weighted by atomic mass is 16.5. The lowest BCUT2D eigenvalue weighted by molar-refractivity contribution is -0.145. The fraction of sp³-hybridized carbons (Fsp3) is 0.462. The molecule has 0 fully saturated rings. The number of hydrogen-bond acceptors (Lipinski definition) is 3. The Hall–Kier alpha value is -1.55. The molecule has 1 unspecified atom stereocenters. The summed E-state index contributed by atoms with van der Waals surface area (Å²) in [5, 5.41) is 18.0. The van der Waals surface area contributed by atoms with Gasteiger partial charge >= 0.3 is 5.97 Å². The van der Waals surface area contributed by atoms with Gasteiger partial charge in [-0.2, -0.15) is 0 Å². The van der Waals surface area contributed by atoms with Crippen molar-refractivity contribution in [3.05, 3.63) is 28.8 Å². The molecule has 0 amide bonds. The van der Waals surface area contributed by atoms with Gasteiger partial charge < -0.3 is 14.9 Å². The average Bonchev–Trinajstić information content (AvgIpc) is 2.27. The van der Waals surface area contributed by atoms with Crippen LogP contribution in [0.3, 0.4) is 0 Å².